The first-order valence-corrected chi connectivity index (χ1v) is 12.9. The Labute approximate surface area is 187 Å². The maximum atomic E-state index is 12.6. The molecule has 0 atom stereocenters. The topological polar surface area (TPSA) is 113 Å². The first-order valence-electron chi connectivity index (χ1n) is 9.84. The minimum Gasteiger partial charge on any atom is -0.322 e. The molecule has 8 nitrogen and oxygen atoms in total. The summed E-state index contributed by atoms with van der Waals surface area (Å²) >= 11 is 0. The van der Waals surface area contributed by atoms with E-state index in [0.29, 0.717) is 35.6 Å². The van der Waals surface area contributed by atoms with Crippen molar-refractivity contribution in [3.63, 3.8) is 0 Å². The highest BCUT2D eigenvalue weighted by molar-refractivity contribution is 7.93. The number of nitrogens with one attached hydrogen (secondary N) is 2. The summed E-state index contributed by atoms with van der Waals surface area (Å²) in [5.74, 6) is -0.275. The lowest BCUT2D eigenvalue weighted by atomic mass is 10.2. The molecule has 1 aliphatic heterocycles. The molecule has 2 N–H and O–H groups in total. The first-order chi connectivity index (χ1) is 15.2. The van der Waals surface area contributed by atoms with E-state index in [9.17, 15) is 21.6 Å². The molecule has 32 heavy (non-hydrogen) atoms. The van der Waals surface area contributed by atoms with Gasteiger partial charge in [-0.25, -0.2) is 16.8 Å². The van der Waals surface area contributed by atoms with E-state index >= 15 is 0 Å². The fourth-order valence-corrected chi connectivity index (χ4v) is 6.02. The van der Waals surface area contributed by atoms with Crippen LogP contribution in [0.25, 0.3) is 0 Å². The Morgan fingerprint density at radius 1 is 0.875 bits per heavy atom. The van der Waals surface area contributed by atoms with Crippen molar-refractivity contribution in [1.82, 2.24) is 0 Å². The minimum atomic E-state index is -3.75. The molecular formula is C22H21N3O5S2. The Hall–Kier alpha value is -3.37. The van der Waals surface area contributed by atoms with Gasteiger partial charge in [0.15, 0.2) is 0 Å². The van der Waals surface area contributed by atoms with Crippen LogP contribution in [-0.4, -0.2) is 35.0 Å². The zero-order chi connectivity index (χ0) is 22.8. The summed E-state index contributed by atoms with van der Waals surface area (Å²) < 4.78 is 52.9. The van der Waals surface area contributed by atoms with E-state index in [2.05, 4.69) is 10.0 Å². The fourth-order valence-electron chi connectivity index (χ4n) is 3.39. The first kappa shape index (κ1) is 21.8. The average molecular weight is 472 g/mol. The molecule has 1 amide bonds. The zero-order valence-electron chi connectivity index (χ0n) is 16.9. The van der Waals surface area contributed by atoms with Crippen LogP contribution >= 0.6 is 0 Å². The summed E-state index contributed by atoms with van der Waals surface area (Å²) in [6.07, 6.45) is 0.578. The van der Waals surface area contributed by atoms with Crippen molar-refractivity contribution in [2.45, 2.75) is 11.3 Å². The monoisotopic (exact) mass is 471 g/mol. The van der Waals surface area contributed by atoms with E-state index in [1.165, 1.54) is 22.5 Å². The van der Waals surface area contributed by atoms with Gasteiger partial charge in [-0.2, -0.15) is 0 Å². The molecule has 3 aromatic rings. The average Bonchev–Trinajstić information content (AvgIpc) is 3.13. The van der Waals surface area contributed by atoms with Gasteiger partial charge in [0.05, 0.1) is 22.0 Å². The Kier molecular flexibility index (Phi) is 5.90. The molecule has 0 bridgehead atoms. The van der Waals surface area contributed by atoms with Gasteiger partial charge in [-0.05, 0) is 61.0 Å². The zero-order valence-corrected chi connectivity index (χ0v) is 18.6. The van der Waals surface area contributed by atoms with Crippen LogP contribution in [0.1, 0.15) is 16.8 Å². The van der Waals surface area contributed by atoms with Crippen molar-refractivity contribution in [2.24, 2.45) is 0 Å². The number of carbonyl (C=O) groups excluding carboxylic acids is 1. The maximum absolute atomic E-state index is 12.6. The molecule has 10 heteroatoms. The van der Waals surface area contributed by atoms with Gasteiger partial charge in [0.2, 0.25) is 10.0 Å². The minimum absolute atomic E-state index is 0.125. The number of hydrogen-bond acceptors (Lipinski definition) is 5. The number of carbonyl (C=O) groups is 1. The van der Waals surface area contributed by atoms with Crippen LogP contribution in [0.5, 0.6) is 0 Å². The molecule has 4 rings (SSSR count). The van der Waals surface area contributed by atoms with Crippen molar-refractivity contribution < 1.29 is 21.6 Å². The van der Waals surface area contributed by atoms with Crippen LogP contribution in [0.4, 0.5) is 17.1 Å². The van der Waals surface area contributed by atoms with Gasteiger partial charge in [-0.1, -0.05) is 24.3 Å². The Balaban J connectivity index is 1.46. The molecular weight excluding hydrogens is 450 g/mol. The number of sulfonamides is 2. The van der Waals surface area contributed by atoms with Gasteiger partial charge < -0.3 is 5.32 Å². The molecule has 1 aliphatic rings. The number of rotatable bonds is 6. The normalized spacial score (nSPS) is 15.3. The Bertz CT molecular complexity index is 1340. The fraction of sp³-hybridized carbons (Fsp3) is 0.136. The third kappa shape index (κ3) is 4.76. The van der Waals surface area contributed by atoms with Crippen LogP contribution < -0.4 is 14.3 Å². The molecule has 166 valence electrons. The van der Waals surface area contributed by atoms with Crippen LogP contribution in [0.3, 0.4) is 0 Å². The molecule has 0 spiro atoms. The van der Waals surface area contributed by atoms with E-state index < -0.39 is 26.0 Å². The highest BCUT2D eigenvalue weighted by Gasteiger charge is 2.28. The van der Waals surface area contributed by atoms with Gasteiger partial charge in [0, 0.05) is 17.8 Å². The second-order valence-electron chi connectivity index (χ2n) is 7.24. The highest BCUT2D eigenvalue weighted by atomic mass is 32.2. The molecule has 1 saturated heterocycles. The molecule has 0 aromatic heterocycles. The van der Waals surface area contributed by atoms with Gasteiger partial charge >= 0.3 is 0 Å². The molecule has 3 aromatic carbocycles. The van der Waals surface area contributed by atoms with Gasteiger partial charge in [-0.15, -0.1) is 0 Å². The van der Waals surface area contributed by atoms with Crippen LogP contribution in [0.15, 0.2) is 83.8 Å². The van der Waals surface area contributed by atoms with E-state index in [1.807, 2.05) is 0 Å². The lowest BCUT2D eigenvalue weighted by Crippen LogP contribution is -2.25. The van der Waals surface area contributed by atoms with Gasteiger partial charge in [0.1, 0.15) is 0 Å². The van der Waals surface area contributed by atoms with E-state index in [0.717, 1.165) is 0 Å². The third-order valence-corrected chi connectivity index (χ3v) is 8.21. The number of benzene rings is 3. The highest BCUT2D eigenvalue weighted by Crippen LogP contribution is 2.25. The molecule has 1 heterocycles. The second kappa shape index (κ2) is 8.64. The Morgan fingerprint density at radius 3 is 2.22 bits per heavy atom. The number of nitrogens with zero attached hydrogens (tertiary/aromatic N) is 1. The predicted molar refractivity (Wildman–Crippen MR) is 124 cm³/mol. The second-order valence-corrected chi connectivity index (χ2v) is 10.9. The summed E-state index contributed by atoms with van der Waals surface area (Å²) in [5, 5.41) is 2.72. The number of anilines is 3. The van der Waals surface area contributed by atoms with Crippen LogP contribution in [0, 0.1) is 0 Å². The van der Waals surface area contributed by atoms with Crippen molar-refractivity contribution >= 4 is 43.0 Å². The lowest BCUT2D eigenvalue weighted by Gasteiger charge is -2.17. The van der Waals surface area contributed by atoms with Gasteiger partial charge in [0.25, 0.3) is 15.9 Å². The molecule has 1 fully saturated rings. The third-order valence-electron chi connectivity index (χ3n) is 4.94. The van der Waals surface area contributed by atoms with E-state index in [4.69, 9.17) is 0 Å². The van der Waals surface area contributed by atoms with Crippen molar-refractivity contribution in [2.75, 3.05) is 26.6 Å². The summed E-state index contributed by atoms with van der Waals surface area (Å²) in [5.41, 5.74) is 1.59. The summed E-state index contributed by atoms with van der Waals surface area (Å²) in [6.45, 7) is 0.430. The Morgan fingerprint density at radius 2 is 1.56 bits per heavy atom. The van der Waals surface area contributed by atoms with E-state index in [-0.39, 0.29) is 10.6 Å². The SMILES string of the molecule is O=C(Nc1cccc(NS(=O)(=O)c2ccccc2)c1)c1ccc(N2CCCS2(=O)=O)cc1. The molecule has 0 unspecified atom stereocenters. The standard InChI is InChI=1S/C22H21N3O5S2/c26-22(17-10-12-20(13-11-17)25-14-5-15-31(25,27)28)23-18-6-4-7-19(16-18)24-32(29,30)21-8-2-1-3-9-21/h1-4,6-13,16,24H,5,14-15H2,(H,23,26). The lowest BCUT2D eigenvalue weighted by molar-refractivity contribution is 0.102. The summed E-state index contributed by atoms with van der Waals surface area (Å²) in [4.78, 5) is 12.7. The van der Waals surface area contributed by atoms with Gasteiger partial charge in [-0.3, -0.25) is 13.8 Å². The van der Waals surface area contributed by atoms with Crippen molar-refractivity contribution in [3.8, 4) is 0 Å². The largest absolute Gasteiger partial charge is 0.322 e. The van der Waals surface area contributed by atoms with Crippen molar-refractivity contribution in [1.29, 1.82) is 0 Å². The molecule has 0 saturated carbocycles. The van der Waals surface area contributed by atoms with Crippen molar-refractivity contribution in [3.05, 3.63) is 84.4 Å². The predicted octanol–water partition coefficient (Wildman–Crippen LogP) is 3.28. The maximum Gasteiger partial charge on any atom is 0.261 e. The van der Waals surface area contributed by atoms with Crippen LogP contribution in [0.2, 0.25) is 0 Å². The quantitative estimate of drug-likeness (QED) is 0.573. The molecule has 0 aliphatic carbocycles. The smallest absolute Gasteiger partial charge is 0.261 e. The number of amides is 1. The number of hydrogen-bond donors (Lipinski definition) is 2. The summed E-state index contributed by atoms with van der Waals surface area (Å²) in [6, 6.07) is 20.7. The molecule has 0 radical (unpaired) electrons. The van der Waals surface area contributed by atoms with E-state index in [1.54, 1.807) is 60.7 Å². The summed E-state index contributed by atoms with van der Waals surface area (Å²) in [7, 11) is -7.03. The van der Waals surface area contributed by atoms with Crippen LogP contribution in [-0.2, 0) is 20.0 Å².